The van der Waals surface area contributed by atoms with Gasteiger partial charge in [-0.3, -0.25) is 0 Å². The maximum atomic E-state index is 12.1. The van der Waals surface area contributed by atoms with E-state index in [-0.39, 0.29) is 40.5 Å². The van der Waals surface area contributed by atoms with Gasteiger partial charge >= 0.3 is 5.97 Å². The van der Waals surface area contributed by atoms with Gasteiger partial charge in [-0.2, -0.15) is 0 Å². The standard InChI is InChI=1S/C13H19ClN2O4S.ClH/c1-3-4-9(15)8-16-21(18,19)10-5-6-11(12(14)7-10)13(17)20-2;/h5-7,9,16H,3-4,8,15H2,1-2H3;1H. The highest BCUT2D eigenvalue weighted by Crippen LogP contribution is 2.21. The molecule has 1 aromatic rings. The molecular weight excluding hydrogens is 351 g/mol. The number of carbonyl (C=O) groups excluding carboxylic acids is 1. The number of methoxy groups -OCH3 is 1. The van der Waals surface area contributed by atoms with Crippen LogP contribution in [0.15, 0.2) is 23.1 Å². The van der Waals surface area contributed by atoms with E-state index in [2.05, 4.69) is 9.46 Å². The zero-order valence-corrected chi connectivity index (χ0v) is 14.7. The fourth-order valence-corrected chi connectivity index (χ4v) is 3.15. The molecular formula is C13H20Cl2N2O4S. The molecule has 1 rings (SSSR count). The SMILES string of the molecule is CCCC(N)CNS(=O)(=O)c1ccc(C(=O)OC)c(Cl)c1.Cl. The molecule has 0 fully saturated rings. The molecule has 1 unspecified atom stereocenters. The number of carbonyl (C=O) groups is 1. The van der Waals surface area contributed by atoms with Gasteiger partial charge in [0.05, 0.1) is 22.6 Å². The minimum Gasteiger partial charge on any atom is -0.465 e. The molecule has 0 bridgehead atoms. The summed E-state index contributed by atoms with van der Waals surface area (Å²) in [6.45, 7) is 2.12. The van der Waals surface area contributed by atoms with Crippen LogP contribution in [0.25, 0.3) is 0 Å². The van der Waals surface area contributed by atoms with Crippen LogP contribution in [0.1, 0.15) is 30.1 Å². The first-order chi connectivity index (χ1) is 9.81. The first kappa shape index (κ1) is 21.1. The molecule has 22 heavy (non-hydrogen) atoms. The molecule has 0 aromatic heterocycles. The number of nitrogens with one attached hydrogen (secondary N) is 1. The van der Waals surface area contributed by atoms with E-state index in [1.54, 1.807) is 0 Å². The summed E-state index contributed by atoms with van der Waals surface area (Å²) in [6, 6.07) is 3.58. The Kier molecular flexibility index (Phi) is 8.95. The molecule has 0 heterocycles. The predicted octanol–water partition coefficient (Wildman–Crippen LogP) is 1.95. The Morgan fingerprint density at radius 1 is 1.45 bits per heavy atom. The average molecular weight is 371 g/mol. The molecule has 6 nitrogen and oxygen atoms in total. The monoisotopic (exact) mass is 370 g/mol. The minimum atomic E-state index is -3.71. The van der Waals surface area contributed by atoms with Crippen LogP contribution < -0.4 is 10.5 Å². The van der Waals surface area contributed by atoms with Crippen molar-refractivity contribution in [2.24, 2.45) is 5.73 Å². The number of sulfonamides is 1. The average Bonchev–Trinajstić information content (AvgIpc) is 2.44. The molecule has 0 aliphatic heterocycles. The third-order valence-electron chi connectivity index (χ3n) is 2.85. The Bertz CT molecular complexity index is 608. The summed E-state index contributed by atoms with van der Waals surface area (Å²) in [5.74, 6) is -0.623. The summed E-state index contributed by atoms with van der Waals surface area (Å²) in [4.78, 5) is 11.4. The molecule has 126 valence electrons. The van der Waals surface area contributed by atoms with Gasteiger partial charge in [0.1, 0.15) is 0 Å². The fraction of sp³-hybridized carbons (Fsp3) is 0.462. The zero-order valence-electron chi connectivity index (χ0n) is 12.3. The van der Waals surface area contributed by atoms with Gasteiger partial charge in [0.2, 0.25) is 10.0 Å². The molecule has 1 atom stereocenters. The molecule has 0 aliphatic rings. The molecule has 0 spiro atoms. The quantitative estimate of drug-likeness (QED) is 0.714. The van der Waals surface area contributed by atoms with Crippen molar-refractivity contribution in [2.45, 2.75) is 30.7 Å². The summed E-state index contributed by atoms with van der Waals surface area (Å²) in [6.07, 6.45) is 1.60. The normalized spacial score (nSPS) is 12.4. The lowest BCUT2D eigenvalue weighted by atomic mass is 10.2. The van der Waals surface area contributed by atoms with E-state index in [1.165, 1.54) is 25.3 Å². The van der Waals surface area contributed by atoms with Gasteiger partial charge in [-0.1, -0.05) is 24.9 Å². The van der Waals surface area contributed by atoms with Crippen molar-refractivity contribution in [3.8, 4) is 0 Å². The molecule has 1 aromatic carbocycles. The predicted molar refractivity (Wildman–Crippen MR) is 88.1 cm³/mol. The molecule has 0 aliphatic carbocycles. The third-order valence-corrected chi connectivity index (χ3v) is 4.59. The number of nitrogens with two attached hydrogens (primary N) is 1. The van der Waals surface area contributed by atoms with E-state index in [9.17, 15) is 13.2 Å². The van der Waals surface area contributed by atoms with Crippen LogP contribution in [0.4, 0.5) is 0 Å². The summed E-state index contributed by atoms with van der Waals surface area (Å²) in [5.41, 5.74) is 5.88. The Morgan fingerprint density at radius 3 is 2.59 bits per heavy atom. The van der Waals surface area contributed by atoms with Crippen LogP contribution in [-0.2, 0) is 14.8 Å². The summed E-state index contributed by atoms with van der Waals surface area (Å²) in [7, 11) is -2.49. The number of esters is 1. The molecule has 0 saturated carbocycles. The Balaban J connectivity index is 0.00000441. The van der Waals surface area contributed by atoms with E-state index < -0.39 is 16.0 Å². The van der Waals surface area contributed by atoms with Gasteiger partial charge in [0, 0.05) is 12.6 Å². The number of rotatable bonds is 7. The highest BCUT2D eigenvalue weighted by Gasteiger charge is 2.18. The van der Waals surface area contributed by atoms with Crippen LogP contribution in [0.3, 0.4) is 0 Å². The topological polar surface area (TPSA) is 98.5 Å². The fourth-order valence-electron chi connectivity index (χ4n) is 1.71. The summed E-state index contributed by atoms with van der Waals surface area (Å²) in [5, 5.41) is 0.0163. The van der Waals surface area contributed by atoms with Crippen LogP contribution in [0.5, 0.6) is 0 Å². The summed E-state index contributed by atoms with van der Waals surface area (Å²) >= 11 is 5.90. The second-order valence-corrected chi connectivity index (χ2v) is 6.71. The van der Waals surface area contributed by atoms with Crippen molar-refractivity contribution < 1.29 is 17.9 Å². The van der Waals surface area contributed by atoms with Crippen LogP contribution >= 0.6 is 24.0 Å². The first-order valence-electron chi connectivity index (χ1n) is 6.45. The van der Waals surface area contributed by atoms with Gasteiger partial charge in [-0.05, 0) is 24.6 Å². The second kappa shape index (κ2) is 9.32. The van der Waals surface area contributed by atoms with Gasteiger partial charge in [-0.15, -0.1) is 12.4 Å². The van der Waals surface area contributed by atoms with E-state index >= 15 is 0 Å². The lowest BCUT2D eigenvalue weighted by Gasteiger charge is -2.12. The highest BCUT2D eigenvalue weighted by molar-refractivity contribution is 7.89. The lowest BCUT2D eigenvalue weighted by Crippen LogP contribution is -2.37. The van der Waals surface area contributed by atoms with Crippen molar-refractivity contribution in [2.75, 3.05) is 13.7 Å². The summed E-state index contributed by atoms with van der Waals surface area (Å²) < 4.78 is 31.2. The Morgan fingerprint density at radius 2 is 2.09 bits per heavy atom. The van der Waals surface area contributed by atoms with Crippen molar-refractivity contribution in [3.05, 3.63) is 28.8 Å². The van der Waals surface area contributed by atoms with E-state index in [0.717, 1.165) is 12.8 Å². The molecule has 0 amide bonds. The maximum absolute atomic E-state index is 12.1. The molecule has 3 N–H and O–H groups in total. The van der Waals surface area contributed by atoms with Crippen molar-refractivity contribution in [1.82, 2.24) is 4.72 Å². The van der Waals surface area contributed by atoms with E-state index in [4.69, 9.17) is 17.3 Å². The molecule has 9 heteroatoms. The van der Waals surface area contributed by atoms with E-state index in [1.807, 2.05) is 6.92 Å². The Labute approximate surface area is 141 Å². The number of halogens is 2. The van der Waals surface area contributed by atoms with Crippen LogP contribution in [0.2, 0.25) is 5.02 Å². The van der Waals surface area contributed by atoms with E-state index in [0.29, 0.717) is 0 Å². The Hall–Kier alpha value is -0.860. The third kappa shape index (κ3) is 5.73. The van der Waals surface area contributed by atoms with Crippen molar-refractivity contribution >= 4 is 40.0 Å². The van der Waals surface area contributed by atoms with Gasteiger partial charge in [0.25, 0.3) is 0 Å². The van der Waals surface area contributed by atoms with Crippen LogP contribution in [0, 0.1) is 0 Å². The number of hydrogen-bond donors (Lipinski definition) is 2. The smallest absolute Gasteiger partial charge is 0.339 e. The van der Waals surface area contributed by atoms with Crippen LogP contribution in [-0.4, -0.2) is 34.1 Å². The maximum Gasteiger partial charge on any atom is 0.339 e. The number of hydrogen-bond acceptors (Lipinski definition) is 5. The minimum absolute atomic E-state index is 0. The lowest BCUT2D eigenvalue weighted by molar-refractivity contribution is 0.0601. The van der Waals surface area contributed by atoms with Gasteiger partial charge < -0.3 is 10.5 Å². The van der Waals surface area contributed by atoms with Gasteiger partial charge in [0.15, 0.2) is 0 Å². The number of benzene rings is 1. The first-order valence-corrected chi connectivity index (χ1v) is 8.31. The molecule has 0 radical (unpaired) electrons. The van der Waals surface area contributed by atoms with Gasteiger partial charge in [-0.25, -0.2) is 17.9 Å². The van der Waals surface area contributed by atoms with Crippen molar-refractivity contribution in [1.29, 1.82) is 0 Å². The second-order valence-electron chi connectivity index (χ2n) is 4.53. The zero-order chi connectivity index (χ0) is 16.0. The molecule has 0 saturated heterocycles. The van der Waals surface area contributed by atoms with Crippen molar-refractivity contribution in [3.63, 3.8) is 0 Å². The highest BCUT2D eigenvalue weighted by atomic mass is 35.5. The largest absolute Gasteiger partial charge is 0.465 e. The number of ether oxygens (including phenoxy) is 1.